The molecule has 0 aromatic heterocycles. The van der Waals surface area contributed by atoms with E-state index < -0.39 is 9.84 Å². The maximum Gasteiger partial charge on any atom is 0.239 e. The van der Waals surface area contributed by atoms with Crippen molar-refractivity contribution in [1.82, 2.24) is 5.32 Å². The van der Waals surface area contributed by atoms with Crippen molar-refractivity contribution in [2.75, 3.05) is 26.1 Å². The highest BCUT2D eigenvalue weighted by molar-refractivity contribution is 7.91. The van der Waals surface area contributed by atoms with Crippen LogP contribution in [0.5, 0.6) is 11.5 Å². The average molecular weight is 463 g/mol. The van der Waals surface area contributed by atoms with Gasteiger partial charge in [-0.3, -0.25) is 4.79 Å². The lowest BCUT2D eigenvalue weighted by molar-refractivity contribution is -0.120. The van der Waals surface area contributed by atoms with Gasteiger partial charge < -0.3 is 20.1 Å². The molecule has 2 aromatic rings. The first-order valence-electron chi connectivity index (χ1n) is 10.6. The second-order valence-electron chi connectivity index (χ2n) is 8.45. The lowest BCUT2D eigenvalue weighted by atomic mass is 9.93. The Morgan fingerprint density at radius 2 is 1.56 bits per heavy atom. The molecule has 0 saturated carbocycles. The standard InChI is InChI=1S/C24H34N2O5S/c1-15(2)24(16(3)4)26-23(27)14-25-19-10-8-17(5)12-22(19)32(28,29)18-9-11-20(30-6)21(13-18)31-7/h8-13,15-16,24-25H,14H2,1-7H3,(H,26,27). The summed E-state index contributed by atoms with van der Waals surface area (Å²) in [6, 6.07) is 9.58. The predicted octanol–water partition coefficient (Wildman–Crippen LogP) is 4.05. The number of carbonyl (C=O) groups excluding carboxylic acids is 1. The number of benzene rings is 2. The summed E-state index contributed by atoms with van der Waals surface area (Å²) >= 11 is 0. The summed E-state index contributed by atoms with van der Waals surface area (Å²) in [6.45, 7) is 10.0. The first-order valence-corrected chi connectivity index (χ1v) is 12.1. The fraction of sp³-hybridized carbons (Fsp3) is 0.458. The van der Waals surface area contributed by atoms with Crippen LogP contribution in [0.4, 0.5) is 5.69 Å². The van der Waals surface area contributed by atoms with Gasteiger partial charge in [0, 0.05) is 12.1 Å². The normalized spacial score (nSPS) is 11.7. The van der Waals surface area contributed by atoms with Gasteiger partial charge >= 0.3 is 0 Å². The summed E-state index contributed by atoms with van der Waals surface area (Å²) in [6.07, 6.45) is 0. The monoisotopic (exact) mass is 462 g/mol. The van der Waals surface area contributed by atoms with E-state index in [1.165, 1.54) is 26.4 Å². The second-order valence-corrected chi connectivity index (χ2v) is 10.4. The van der Waals surface area contributed by atoms with E-state index >= 15 is 0 Å². The Balaban J connectivity index is 2.33. The Bertz CT molecular complexity index is 1040. The molecule has 0 bridgehead atoms. The van der Waals surface area contributed by atoms with Crippen LogP contribution in [0.25, 0.3) is 0 Å². The van der Waals surface area contributed by atoms with Crippen molar-refractivity contribution in [3.8, 4) is 11.5 Å². The number of amides is 1. The van der Waals surface area contributed by atoms with E-state index in [1.54, 1.807) is 24.3 Å². The maximum atomic E-state index is 13.4. The SMILES string of the molecule is COc1ccc(S(=O)(=O)c2cc(C)ccc2NCC(=O)NC(C(C)C)C(C)C)cc1OC. The lowest BCUT2D eigenvalue weighted by Crippen LogP contribution is -2.44. The highest BCUT2D eigenvalue weighted by Crippen LogP contribution is 2.34. The molecular formula is C24H34N2O5S. The third-order valence-electron chi connectivity index (χ3n) is 5.30. The summed E-state index contributed by atoms with van der Waals surface area (Å²) in [5.41, 5.74) is 1.16. The van der Waals surface area contributed by atoms with Crippen molar-refractivity contribution in [1.29, 1.82) is 0 Å². The molecule has 0 fully saturated rings. The molecule has 0 aliphatic heterocycles. The maximum absolute atomic E-state index is 13.4. The Morgan fingerprint density at radius 3 is 2.12 bits per heavy atom. The molecule has 0 aliphatic carbocycles. The Morgan fingerprint density at radius 1 is 0.938 bits per heavy atom. The molecule has 0 radical (unpaired) electrons. The summed E-state index contributed by atoms with van der Waals surface area (Å²) < 4.78 is 37.3. The van der Waals surface area contributed by atoms with Crippen LogP contribution in [0.2, 0.25) is 0 Å². The molecule has 2 aromatic carbocycles. The number of carbonyl (C=O) groups is 1. The van der Waals surface area contributed by atoms with Crippen LogP contribution in [0.1, 0.15) is 33.3 Å². The lowest BCUT2D eigenvalue weighted by Gasteiger charge is -2.26. The molecule has 0 atom stereocenters. The van der Waals surface area contributed by atoms with Crippen LogP contribution in [0, 0.1) is 18.8 Å². The first kappa shape index (κ1) is 25.5. The fourth-order valence-corrected chi connectivity index (χ4v) is 5.16. The quantitative estimate of drug-likeness (QED) is 0.553. The highest BCUT2D eigenvalue weighted by atomic mass is 32.2. The summed E-state index contributed by atoms with van der Waals surface area (Å²) in [5, 5.41) is 6.04. The largest absolute Gasteiger partial charge is 0.493 e. The van der Waals surface area contributed by atoms with E-state index in [9.17, 15) is 13.2 Å². The van der Waals surface area contributed by atoms with Gasteiger partial charge in [0.25, 0.3) is 0 Å². The van der Waals surface area contributed by atoms with E-state index in [1.807, 2.05) is 6.92 Å². The number of hydrogen-bond acceptors (Lipinski definition) is 6. The Hall–Kier alpha value is -2.74. The second kappa shape index (κ2) is 10.7. The number of ether oxygens (including phenoxy) is 2. The molecule has 2 rings (SSSR count). The third-order valence-corrected chi connectivity index (χ3v) is 7.09. The minimum atomic E-state index is -3.88. The van der Waals surface area contributed by atoms with Gasteiger partial charge in [-0.05, 0) is 48.6 Å². The summed E-state index contributed by atoms with van der Waals surface area (Å²) in [4.78, 5) is 12.7. The molecule has 0 saturated heterocycles. The fourth-order valence-electron chi connectivity index (χ4n) is 3.62. The summed E-state index contributed by atoms with van der Waals surface area (Å²) in [7, 11) is -0.936. The van der Waals surface area contributed by atoms with E-state index in [0.29, 0.717) is 29.0 Å². The minimum Gasteiger partial charge on any atom is -0.493 e. The van der Waals surface area contributed by atoms with Gasteiger partial charge in [-0.25, -0.2) is 8.42 Å². The van der Waals surface area contributed by atoms with Crippen LogP contribution in [0.15, 0.2) is 46.2 Å². The van der Waals surface area contributed by atoms with Crippen molar-refractivity contribution in [3.05, 3.63) is 42.0 Å². The number of anilines is 1. The van der Waals surface area contributed by atoms with Crippen molar-refractivity contribution in [2.45, 2.75) is 50.5 Å². The number of methoxy groups -OCH3 is 2. The predicted molar refractivity (Wildman–Crippen MR) is 126 cm³/mol. The number of rotatable bonds is 10. The van der Waals surface area contributed by atoms with E-state index in [0.717, 1.165) is 5.56 Å². The van der Waals surface area contributed by atoms with E-state index in [-0.39, 0.29) is 28.3 Å². The van der Waals surface area contributed by atoms with E-state index in [4.69, 9.17) is 9.47 Å². The minimum absolute atomic E-state index is 0.0343. The average Bonchev–Trinajstić information content (AvgIpc) is 2.75. The topological polar surface area (TPSA) is 93.7 Å². The number of aryl methyl sites for hydroxylation is 1. The van der Waals surface area contributed by atoms with Gasteiger partial charge in [0.15, 0.2) is 11.5 Å². The van der Waals surface area contributed by atoms with Gasteiger partial charge in [0.05, 0.1) is 36.2 Å². The van der Waals surface area contributed by atoms with Crippen molar-refractivity contribution >= 4 is 21.4 Å². The number of sulfone groups is 1. The number of hydrogen-bond donors (Lipinski definition) is 2. The molecule has 32 heavy (non-hydrogen) atoms. The van der Waals surface area contributed by atoms with Crippen molar-refractivity contribution < 1.29 is 22.7 Å². The molecular weight excluding hydrogens is 428 g/mol. The summed E-state index contributed by atoms with van der Waals surface area (Å²) in [5.74, 6) is 1.16. The van der Waals surface area contributed by atoms with Gasteiger partial charge in [0.1, 0.15) is 0 Å². The molecule has 0 heterocycles. The van der Waals surface area contributed by atoms with E-state index in [2.05, 4.69) is 38.3 Å². The van der Waals surface area contributed by atoms with Crippen LogP contribution in [0.3, 0.4) is 0 Å². The zero-order valence-corrected chi connectivity index (χ0v) is 20.7. The van der Waals surface area contributed by atoms with Crippen LogP contribution < -0.4 is 20.1 Å². The van der Waals surface area contributed by atoms with Crippen molar-refractivity contribution in [3.63, 3.8) is 0 Å². The Kier molecular flexibility index (Phi) is 8.55. The zero-order chi connectivity index (χ0) is 24.1. The van der Waals surface area contributed by atoms with Crippen LogP contribution in [-0.4, -0.2) is 41.1 Å². The molecule has 0 aliphatic rings. The molecule has 8 heteroatoms. The highest BCUT2D eigenvalue weighted by Gasteiger charge is 2.24. The van der Waals surface area contributed by atoms with Gasteiger partial charge in [0.2, 0.25) is 15.7 Å². The van der Waals surface area contributed by atoms with Gasteiger partial charge in [-0.1, -0.05) is 33.8 Å². The van der Waals surface area contributed by atoms with Crippen LogP contribution >= 0.6 is 0 Å². The Labute approximate surface area is 191 Å². The molecule has 1 amide bonds. The van der Waals surface area contributed by atoms with Gasteiger partial charge in [-0.2, -0.15) is 0 Å². The molecule has 0 unspecified atom stereocenters. The number of nitrogens with one attached hydrogen (secondary N) is 2. The molecule has 0 spiro atoms. The molecule has 2 N–H and O–H groups in total. The smallest absolute Gasteiger partial charge is 0.239 e. The molecule has 7 nitrogen and oxygen atoms in total. The van der Waals surface area contributed by atoms with Gasteiger partial charge in [-0.15, -0.1) is 0 Å². The van der Waals surface area contributed by atoms with Crippen LogP contribution in [-0.2, 0) is 14.6 Å². The zero-order valence-electron chi connectivity index (χ0n) is 19.9. The molecule has 176 valence electrons. The first-order chi connectivity index (χ1) is 15.0. The van der Waals surface area contributed by atoms with Crippen molar-refractivity contribution in [2.24, 2.45) is 11.8 Å². The third kappa shape index (κ3) is 5.94.